The molecule has 4 rings (SSSR count). The average molecular weight is 479 g/mol. The normalized spacial score (nSPS) is 11.2. The second kappa shape index (κ2) is 10.0. The first-order valence-electron chi connectivity index (χ1n) is 10.1. The molecule has 0 bridgehead atoms. The van der Waals surface area contributed by atoms with Crippen molar-refractivity contribution in [2.45, 2.75) is 19.0 Å². The van der Waals surface area contributed by atoms with Gasteiger partial charge < -0.3 is 4.74 Å². The zero-order valence-electron chi connectivity index (χ0n) is 18.4. The molecule has 0 aliphatic carbocycles. The largest absolute Gasteiger partial charge is 0.497 e. The second-order valence-corrected chi connectivity index (χ2v) is 9.33. The quantitative estimate of drug-likeness (QED) is 0.185. The molecule has 0 atom stereocenters. The van der Waals surface area contributed by atoms with Crippen molar-refractivity contribution in [2.24, 2.45) is 5.10 Å². The van der Waals surface area contributed by atoms with Crippen LogP contribution in [0, 0.1) is 13.8 Å². The molecule has 33 heavy (non-hydrogen) atoms. The highest BCUT2D eigenvalue weighted by Gasteiger charge is 2.18. The summed E-state index contributed by atoms with van der Waals surface area (Å²) in [5.41, 5.74) is 4.87. The predicted molar refractivity (Wildman–Crippen MR) is 134 cm³/mol. The van der Waals surface area contributed by atoms with Crippen molar-refractivity contribution in [3.05, 3.63) is 81.0 Å². The van der Waals surface area contributed by atoms with Crippen molar-refractivity contribution >= 4 is 45.4 Å². The molecule has 0 saturated carbocycles. The SMILES string of the molecule is COc1ccc(C=NNC(=O)CSc2nc3sc(C)c(C)c3c(=O)n2-c2ccccc2)cc1. The first kappa shape index (κ1) is 22.8. The van der Waals surface area contributed by atoms with Gasteiger partial charge in [-0.3, -0.25) is 14.2 Å². The molecule has 1 amide bonds. The van der Waals surface area contributed by atoms with Gasteiger partial charge in [0.15, 0.2) is 5.16 Å². The molecule has 1 N–H and O–H groups in total. The molecule has 2 aromatic carbocycles. The van der Waals surface area contributed by atoms with Crippen molar-refractivity contribution in [1.29, 1.82) is 0 Å². The van der Waals surface area contributed by atoms with Crippen molar-refractivity contribution in [1.82, 2.24) is 15.0 Å². The van der Waals surface area contributed by atoms with Gasteiger partial charge in [-0.2, -0.15) is 5.10 Å². The van der Waals surface area contributed by atoms with Gasteiger partial charge in [0.1, 0.15) is 10.6 Å². The zero-order chi connectivity index (χ0) is 23.4. The Bertz CT molecular complexity index is 1380. The zero-order valence-corrected chi connectivity index (χ0v) is 20.0. The van der Waals surface area contributed by atoms with E-state index < -0.39 is 0 Å². The van der Waals surface area contributed by atoms with E-state index in [0.29, 0.717) is 21.1 Å². The standard InChI is InChI=1S/C24H22N4O3S2/c1-15-16(2)33-22-21(15)23(30)28(18-7-5-4-6-8-18)24(26-22)32-14-20(29)27-25-13-17-9-11-19(31-3)12-10-17/h4-13H,14H2,1-3H3,(H,27,29). The molecular formula is C24H22N4O3S2. The third kappa shape index (κ3) is 4.99. The highest BCUT2D eigenvalue weighted by molar-refractivity contribution is 7.99. The van der Waals surface area contributed by atoms with Crippen molar-refractivity contribution in [2.75, 3.05) is 12.9 Å². The van der Waals surface area contributed by atoms with Crippen LogP contribution in [-0.2, 0) is 4.79 Å². The van der Waals surface area contributed by atoms with Crippen molar-refractivity contribution in [3.8, 4) is 11.4 Å². The van der Waals surface area contributed by atoms with Crippen LogP contribution in [0.4, 0.5) is 0 Å². The maximum atomic E-state index is 13.4. The van der Waals surface area contributed by atoms with Crippen LogP contribution in [0.1, 0.15) is 16.0 Å². The minimum absolute atomic E-state index is 0.0636. The van der Waals surface area contributed by atoms with Gasteiger partial charge in [0.2, 0.25) is 0 Å². The molecule has 0 saturated heterocycles. The van der Waals surface area contributed by atoms with Crippen LogP contribution in [0.15, 0.2) is 69.6 Å². The number of rotatable bonds is 7. The minimum Gasteiger partial charge on any atom is -0.497 e. The number of aryl methyl sites for hydroxylation is 2. The minimum atomic E-state index is -0.294. The van der Waals surface area contributed by atoms with Crippen LogP contribution in [0.25, 0.3) is 15.9 Å². The van der Waals surface area contributed by atoms with Crippen molar-refractivity contribution in [3.63, 3.8) is 0 Å². The number of thiophene rings is 1. The predicted octanol–water partition coefficient (Wildman–Crippen LogP) is 4.32. The van der Waals surface area contributed by atoms with Gasteiger partial charge >= 0.3 is 0 Å². The van der Waals surface area contributed by atoms with E-state index in [0.717, 1.165) is 21.8 Å². The molecule has 0 unspecified atom stereocenters. The van der Waals surface area contributed by atoms with Crippen molar-refractivity contribution < 1.29 is 9.53 Å². The summed E-state index contributed by atoms with van der Waals surface area (Å²) in [6.07, 6.45) is 1.56. The van der Waals surface area contributed by atoms with Gasteiger partial charge in [0, 0.05) is 4.88 Å². The fourth-order valence-corrected chi connectivity index (χ4v) is 5.08. The molecule has 0 spiro atoms. The van der Waals surface area contributed by atoms with E-state index >= 15 is 0 Å². The second-order valence-electron chi connectivity index (χ2n) is 7.19. The van der Waals surface area contributed by atoms with Gasteiger partial charge in [-0.1, -0.05) is 30.0 Å². The Morgan fingerprint density at radius 1 is 1.18 bits per heavy atom. The summed E-state index contributed by atoms with van der Waals surface area (Å²) in [5, 5.41) is 5.10. The molecule has 168 valence electrons. The monoisotopic (exact) mass is 478 g/mol. The van der Waals surface area contributed by atoms with Gasteiger partial charge in [0.25, 0.3) is 11.5 Å². The molecule has 9 heteroatoms. The molecule has 0 aliphatic heterocycles. The van der Waals surface area contributed by atoms with Gasteiger partial charge in [-0.05, 0) is 61.4 Å². The van der Waals surface area contributed by atoms with Gasteiger partial charge in [0.05, 0.1) is 30.2 Å². The number of para-hydroxylation sites is 1. The van der Waals surface area contributed by atoms with Crippen LogP contribution in [0.2, 0.25) is 0 Å². The fourth-order valence-electron chi connectivity index (χ4n) is 3.21. The number of amides is 1. The Morgan fingerprint density at radius 2 is 1.91 bits per heavy atom. The summed E-state index contributed by atoms with van der Waals surface area (Å²) < 4.78 is 6.69. The Kier molecular flexibility index (Phi) is 6.90. The molecule has 7 nitrogen and oxygen atoms in total. The van der Waals surface area contributed by atoms with Crippen LogP contribution >= 0.6 is 23.1 Å². The molecule has 0 aliphatic rings. The Morgan fingerprint density at radius 3 is 2.61 bits per heavy atom. The first-order valence-corrected chi connectivity index (χ1v) is 11.9. The summed E-state index contributed by atoms with van der Waals surface area (Å²) in [5.74, 6) is 0.517. The lowest BCUT2D eigenvalue weighted by Crippen LogP contribution is -2.24. The molecule has 2 heterocycles. The number of hydrogen-bond acceptors (Lipinski definition) is 7. The topological polar surface area (TPSA) is 85.6 Å². The van der Waals surface area contributed by atoms with Crippen LogP contribution < -0.4 is 15.7 Å². The molecular weight excluding hydrogens is 456 g/mol. The average Bonchev–Trinajstić information content (AvgIpc) is 3.12. The Balaban J connectivity index is 1.54. The number of nitrogens with one attached hydrogen (secondary N) is 1. The van der Waals surface area contributed by atoms with Gasteiger partial charge in [-0.25, -0.2) is 10.4 Å². The number of carbonyl (C=O) groups excluding carboxylic acids is 1. The Hall–Kier alpha value is -3.43. The Labute approximate surface area is 199 Å². The smallest absolute Gasteiger partial charge is 0.267 e. The maximum absolute atomic E-state index is 13.4. The van der Waals surface area contributed by atoms with E-state index in [9.17, 15) is 9.59 Å². The van der Waals surface area contributed by atoms with E-state index in [1.165, 1.54) is 23.1 Å². The van der Waals surface area contributed by atoms with E-state index in [1.54, 1.807) is 17.9 Å². The number of methoxy groups -OCH3 is 1. The number of carbonyl (C=O) groups is 1. The van der Waals surface area contributed by atoms with E-state index in [4.69, 9.17) is 9.72 Å². The highest BCUT2D eigenvalue weighted by atomic mass is 32.2. The lowest BCUT2D eigenvalue weighted by atomic mass is 10.2. The summed E-state index contributed by atoms with van der Waals surface area (Å²) in [6.45, 7) is 3.92. The number of benzene rings is 2. The maximum Gasteiger partial charge on any atom is 0.267 e. The highest BCUT2D eigenvalue weighted by Crippen LogP contribution is 2.29. The van der Waals surface area contributed by atoms with Crippen LogP contribution in [0.3, 0.4) is 0 Å². The fraction of sp³-hybridized carbons (Fsp3) is 0.167. The van der Waals surface area contributed by atoms with E-state index in [2.05, 4.69) is 10.5 Å². The van der Waals surface area contributed by atoms with E-state index in [1.807, 2.05) is 68.4 Å². The number of hydrazone groups is 1. The van der Waals surface area contributed by atoms with Gasteiger partial charge in [-0.15, -0.1) is 11.3 Å². The number of nitrogens with zero attached hydrogens (tertiary/aromatic N) is 3. The van der Waals surface area contributed by atoms with Crippen LogP contribution in [-0.4, -0.2) is 34.5 Å². The summed E-state index contributed by atoms with van der Waals surface area (Å²) in [6, 6.07) is 16.6. The van der Waals surface area contributed by atoms with E-state index in [-0.39, 0.29) is 17.2 Å². The summed E-state index contributed by atoms with van der Waals surface area (Å²) in [4.78, 5) is 32.2. The number of ether oxygens (including phenoxy) is 1. The molecule has 2 aromatic heterocycles. The molecule has 0 fully saturated rings. The molecule has 4 aromatic rings. The summed E-state index contributed by atoms with van der Waals surface area (Å²) in [7, 11) is 1.60. The number of thioether (sulfide) groups is 1. The lowest BCUT2D eigenvalue weighted by molar-refractivity contribution is -0.118. The number of aromatic nitrogens is 2. The number of fused-ring (bicyclic) bond motifs is 1. The number of hydrogen-bond donors (Lipinski definition) is 1. The summed E-state index contributed by atoms with van der Waals surface area (Å²) >= 11 is 2.69. The lowest BCUT2D eigenvalue weighted by Gasteiger charge is -2.12. The third-order valence-electron chi connectivity index (χ3n) is 5.04. The molecule has 0 radical (unpaired) electrons. The van der Waals surface area contributed by atoms with Crippen LogP contribution in [0.5, 0.6) is 5.75 Å². The first-order chi connectivity index (χ1) is 16.0. The third-order valence-corrected chi connectivity index (χ3v) is 7.08.